The summed E-state index contributed by atoms with van der Waals surface area (Å²) in [5, 5.41) is 14.6. The van der Waals surface area contributed by atoms with Gasteiger partial charge in [0.1, 0.15) is 0 Å². The number of anilines is 2. The molecular weight excluding hydrogens is 504 g/mol. The summed E-state index contributed by atoms with van der Waals surface area (Å²) in [5.41, 5.74) is 9.50. The molecule has 10 heteroatoms. The number of benzene rings is 2. The lowest BCUT2D eigenvalue weighted by atomic mass is 10.0. The van der Waals surface area contributed by atoms with Crippen LogP contribution >= 0.6 is 0 Å². The molecule has 0 bridgehead atoms. The summed E-state index contributed by atoms with van der Waals surface area (Å²) in [5.74, 6) is 0.756. The SMILES string of the molecule is CN(C)CC(NC(=O)N1Cc2c(NC3CCCN(C(=O)c4ccc(N)cc4)C3)n[nH]c2C1(C)C)c1ccccc1. The Balaban J connectivity index is 1.27. The van der Waals surface area contributed by atoms with Gasteiger partial charge in [0.15, 0.2) is 5.82 Å². The van der Waals surface area contributed by atoms with Gasteiger partial charge in [0.05, 0.1) is 23.8 Å². The first-order valence-electron chi connectivity index (χ1n) is 13.9. The van der Waals surface area contributed by atoms with Crippen molar-refractivity contribution in [3.63, 3.8) is 0 Å². The van der Waals surface area contributed by atoms with Crippen LogP contribution in [0.5, 0.6) is 0 Å². The monoisotopic (exact) mass is 544 g/mol. The minimum atomic E-state index is -0.560. The number of likely N-dealkylation sites (tertiary alicyclic amines) is 1. The second kappa shape index (κ2) is 11.2. The zero-order chi connectivity index (χ0) is 28.4. The van der Waals surface area contributed by atoms with Crippen LogP contribution in [0, 0.1) is 0 Å². The molecule has 2 aliphatic rings. The highest BCUT2D eigenvalue weighted by molar-refractivity contribution is 5.94. The fourth-order valence-corrected chi connectivity index (χ4v) is 5.75. The van der Waals surface area contributed by atoms with Gasteiger partial charge in [-0.05, 0) is 70.6 Å². The number of aromatic amines is 1. The molecule has 1 fully saturated rings. The molecule has 1 saturated heterocycles. The average molecular weight is 545 g/mol. The standard InChI is InChI=1S/C30H40N8O2/c1-30(2)26-24(18-38(30)29(40)33-25(19-36(3)4)20-9-6-5-7-10-20)27(35-34-26)32-23-11-8-16-37(17-23)28(39)21-12-14-22(31)15-13-21/h5-7,9-10,12-15,23,25H,8,11,16-19,31H2,1-4H3,(H,33,40)(H2,32,34,35). The molecule has 3 amide bonds. The first-order chi connectivity index (χ1) is 19.1. The Morgan fingerprint density at radius 1 is 1.15 bits per heavy atom. The second-order valence-corrected chi connectivity index (χ2v) is 11.6. The summed E-state index contributed by atoms with van der Waals surface area (Å²) in [4.78, 5) is 32.6. The van der Waals surface area contributed by atoms with E-state index in [0.717, 1.165) is 42.0 Å². The molecule has 2 aliphatic heterocycles. The van der Waals surface area contributed by atoms with E-state index in [-0.39, 0.29) is 24.0 Å². The van der Waals surface area contributed by atoms with Crippen molar-refractivity contribution < 1.29 is 9.59 Å². The van der Waals surface area contributed by atoms with Gasteiger partial charge in [0, 0.05) is 42.5 Å². The minimum Gasteiger partial charge on any atom is -0.399 e. The smallest absolute Gasteiger partial charge is 0.319 e. The van der Waals surface area contributed by atoms with Crippen LogP contribution < -0.4 is 16.4 Å². The molecule has 2 aromatic carbocycles. The molecule has 212 valence electrons. The van der Waals surface area contributed by atoms with E-state index in [1.54, 1.807) is 24.3 Å². The molecule has 2 atom stereocenters. The van der Waals surface area contributed by atoms with Crippen molar-refractivity contribution in [1.29, 1.82) is 0 Å². The van der Waals surface area contributed by atoms with Gasteiger partial charge in [-0.15, -0.1) is 0 Å². The zero-order valence-electron chi connectivity index (χ0n) is 23.8. The Bertz CT molecular complexity index is 1340. The van der Waals surface area contributed by atoms with E-state index in [2.05, 4.69) is 25.7 Å². The Kier molecular flexibility index (Phi) is 7.71. The van der Waals surface area contributed by atoms with Crippen LogP contribution in [0.2, 0.25) is 0 Å². The number of fused-ring (bicyclic) bond motifs is 1. The first-order valence-corrected chi connectivity index (χ1v) is 13.9. The topological polar surface area (TPSA) is 123 Å². The number of aromatic nitrogens is 2. The number of nitrogens with one attached hydrogen (secondary N) is 3. The molecule has 10 nitrogen and oxygen atoms in total. The number of H-pyrrole nitrogens is 1. The molecule has 5 N–H and O–H groups in total. The average Bonchev–Trinajstić information content (AvgIpc) is 3.46. The lowest BCUT2D eigenvalue weighted by Crippen LogP contribution is -2.48. The van der Waals surface area contributed by atoms with E-state index in [0.29, 0.717) is 30.9 Å². The van der Waals surface area contributed by atoms with E-state index in [9.17, 15) is 9.59 Å². The molecule has 3 aromatic rings. The first kappa shape index (κ1) is 27.5. The Morgan fingerprint density at radius 2 is 1.88 bits per heavy atom. The maximum Gasteiger partial charge on any atom is 0.319 e. The van der Waals surface area contributed by atoms with Crippen LogP contribution in [-0.2, 0) is 12.1 Å². The summed E-state index contributed by atoms with van der Waals surface area (Å²) in [7, 11) is 4.01. The summed E-state index contributed by atoms with van der Waals surface area (Å²) in [6.45, 7) is 6.52. The number of carbonyl (C=O) groups excluding carboxylic acids is 2. The number of likely N-dealkylation sites (N-methyl/N-ethyl adjacent to an activating group) is 1. The number of nitrogens with two attached hydrogens (primary N) is 1. The summed E-state index contributed by atoms with van der Waals surface area (Å²) in [6.07, 6.45) is 1.84. The molecule has 0 aliphatic carbocycles. The van der Waals surface area contributed by atoms with Gasteiger partial charge in [-0.3, -0.25) is 9.89 Å². The van der Waals surface area contributed by atoms with Crippen LogP contribution in [0.3, 0.4) is 0 Å². The summed E-state index contributed by atoms with van der Waals surface area (Å²) >= 11 is 0. The van der Waals surface area contributed by atoms with Crippen molar-refractivity contribution >= 4 is 23.4 Å². The Labute approximate surface area is 235 Å². The number of nitrogen functional groups attached to an aromatic ring is 1. The Morgan fingerprint density at radius 3 is 2.58 bits per heavy atom. The fraction of sp³-hybridized carbons (Fsp3) is 0.433. The third-order valence-electron chi connectivity index (χ3n) is 7.97. The highest BCUT2D eigenvalue weighted by Gasteiger charge is 2.44. The van der Waals surface area contributed by atoms with Gasteiger partial charge in [0.25, 0.3) is 5.91 Å². The summed E-state index contributed by atoms with van der Waals surface area (Å²) in [6, 6.07) is 16.9. The van der Waals surface area contributed by atoms with Crippen LogP contribution in [-0.4, -0.2) is 76.6 Å². The largest absolute Gasteiger partial charge is 0.399 e. The third-order valence-corrected chi connectivity index (χ3v) is 7.97. The van der Waals surface area contributed by atoms with E-state index in [1.807, 2.05) is 68.1 Å². The predicted octanol–water partition coefficient (Wildman–Crippen LogP) is 3.77. The molecule has 3 heterocycles. The Hall–Kier alpha value is -4.05. The van der Waals surface area contributed by atoms with E-state index >= 15 is 0 Å². The van der Waals surface area contributed by atoms with E-state index in [4.69, 9.17) is 5.73 Å². The van der Waals surface area contributed by atoms with Crippen molar-refractivity contribution in [2.45, 2.75) is 50.9 Å². The minimum absolute atomic E-state index is 0.00781. The van der Waals surface area contributed by atoms with Gasteiger partial charge in [-0.25, -0.2) is 4.79 Å². The number of hydrogen-bond acceptors (Lipinski definition) is 6. The lowest BCUT2D eigenvalue weighted by Gasteiger charge is -2.34. The number of urea groups is 1. The van der Waals surface area contributed by atoms with Crippen molar-refractivity contribution in [1.82, 2.24) is 30.2 Å². The van der Waals surface area contributed by atoms with Crippen molar-refractivity contribution in [2.75, 3.05) is 44.8 Å². The molecule has 40 heavy (non-hydrogen) atoms. The van der Waals surface area contributed by atoms with Gasteiger partial charge >= 0.3 is 6.03 Å². The lowest BCUT2D eigenvalue weighted by molar-refractivity contribution is 0.0714. The normalized spacial score (nSPS) is 18.9. The fourth-order valence-electron chi connectivity index (χ4n) is 5.75. The molecule has 2 unspecified atom stereocenters. The highest BCUT2D eigenvalue weighted by atomic mass is 16.2. The number of rotatable bonds is 7. The van der Waals surface area contributed by atoms with E-state index in [1.165, 1.54) is 0 Å². The van der Waals surface area contributed by atoms with Crippen molar-refractivity contribution in [2.24, 2.45) is 0 Å². The molecule has 1 aromatic heterocycles. The molecular formula is C30H40N8O2. The number of carbonyl (C=O) groups is 2. The van der Waals surface area contributed by atoms with Crippen molar-refractivity contribution in [3.05, 3.63) is 77.0 Å². The van der Waals surface area contributed by atoms with Crippen LogP contribution in [0.4, 0.5) is 16.3 Å². The third kappa shape index (κ3) is 5.62. The van der Waals surface area contributed by atoms with Gasteiger partial charge in [-0.1, -0.05) is 30.3 Å². The molecule has 0 radical (unpaired) electrons. The predicted molar refractivity (Wildman–Crippen MR) is 157 cm³/mol. The molecule has 5 rings (SSSR count). The maximum atomic E-state index is 13.7. The molecule has 0 spiro atoms. The number of nitrogens with zero attached hydrogens (tertiary/aromatic N) is 4. The highest BCUT2D eigenvalue weighted by Crippen LogP contribution is 2.41. The number of hydrogen-bond donors (Lipinski definition) is 4. The second-order valence-electron chi connectivity index (χ2n) is 11.6. The van der Waals surface area contributed by atoms with Crippen LogP contribution in [0.25, 0.3) is 0 Å². The van der Waals surface area contributed by atoms with E-state index < -0.39 is 5.54 Å². The zero-order valence-corrected chi connectivity index (χ0v) is 23.8. The van der Waals surface area contributed by atoms with Gasteiger partial charge < -0.3 is 31.1 Å². The summed E-state index contributed by atoms with van der Waals surface area (Å²) < 4.78 is 0. The van der Waals surface area contributed by atoms with Gasteiger partial charge in [-0.2, -0.15) is 5.10 Å². The maximum absolute atomic E-state index is 13.7. The number of piperidine rings is 1. The van der Waals surface area contributed by atoms with Crippen LogP contribution in [0.1, 0.15) is 59.9 Å². The quantitative estimate of drug-likeness (QED) is 0.336. The number of amides is 3. The molecule has 0 saturated carbocycles. The van der Waals surface area contributed by atoms with Crippen LogP contribution in [0.15, 0.2) is 54.6 Å². The van der Waals surface area contributed by atoms with Gasteiger partial charge in [0.2, 0.25) is 0 Å². The van der Waals surface area contributed by atoms with Crippen molar-refractivity contribution in [3.8, 4) is 0 Å².